The quantitative estimate of drug-likeness (QED) is 0.507. The van der Waals surface area contributed by atoms with Crippen molar-refractivity contribution in [2.45, 2.75) is 0 Å². The largest absolute Gasteiger partial charge is 0.0824 e. The molecule has 0 heterocycles. The molecule has 2 aliphatic rings. The van der Waals surface area contributed by atoms with Crippen molar-refractivity contribution in [3.63, 3.8) is 0 Å². The molecule has 0 spiro atoms. The van der Waals surface area contributed by atoms with Crippen molar-refractivity contribution in [3.05, 3.63) is 39.8 Å². The van der Waals surface area contributed by atoms with E-state index < -0.39 is 0 Å². The van der Waals surface area contributed by atoms with Crippen LogP contribution in [-0.4, -0.2) is 0 Å². The summed E-state index contributed by atoms with van der Waals surface area (Å²) in [5, 5.41) is 1.27. The number of halogens is 2. The predicted octanol–water partition coefficient (Wildman–Crippen LogP) is 2.64. The Balaban J connectivity index is 2.62. The fourth-order valence-corrected chi connectivity index (χ4v) is 1.31. The van der Waals surface area contributed by atoms with E-state index in [0.717, 1.165) is 11.1 Å². The average Bonchev–Trinajstić information content (AvgIpc) is 2.37. The maximum atomic E-state index is 5.74. The third kappa shape index (κ3) is 0.606. The maximum absolute atomic E-state index is 5.74. The normalized spacial score (nSPS) is 22.9. The van der Waals surface area contributed by atoms with Gasteiger partial charge in [0, 0.05) is 0 Å². The van der Waals surface area contributed by atoms with Crippen LogP contribution in [0.3, 0.4) is 0 Å². The first kappa shape index (κ1) is 5.57. The molecule has 0 N–H and O–H groups in total. The fraction of sp³-hybridized carbons (Fsp3) is 0. The first-order chi connectivity index (χ1) is 4.29. The lowest BCUT2D eigenvalue weighted by molar-refractivity contribution is 1.65. The molecule has 0 atom stereocenters. The molecule has 0 fully saturated rings. The van der Waals surface area contributed by atoms with Gasteiger partial charge in [-0.1, -0.05) is 35.4 Å². The summed E-state index contributed by atoms with van der Waals surface area (Å²) >= 11 is 11.5. The Hall–Kier alpha value is -0.200. The van der Waals surface area contributed by atoms with Crippen molar-refractivity contribution in [1.82, 2.24) is 0 Å². The van der Waals surface area contributed by atoms with Crippen LogP contribution >= 0.6 is 23.2 Å². The molecule has 9 heavy (non-hydrogen) atoms. The molecule has 0 aromatic rings. The highest BCUT2D eigenvalue weighted by atomic mass is 35.5. The van der Waals surface area contributed by atoms with Gasteiger partial charge in [-0.25, -0.2) is 0 Å². The second-order valence-electron chi connectivity index (χ2n) is 1.91. The van der Waals surface area contributed by atoms with Crippen molar-refractivity contribution < 1.29 is 0 Å². The van der Waals surface area contributed by atoms with E-state index in [9.17, 15) is 0 Å². The van der Waals surface area contributed by atoms with E-state index in [0.29, 0.717) is 10.1 Å². The Morgan fingerprint density at radius 1 is 1.00 bits per heavy atom. The molecule has 0 unspecified atom stereocenters. The van der Waals surface area contributed by atoms with Gasteiger partial charge in [0.2, 0.25) is 0 Å². The van der Waals surface area contributed by atoms with E-state index in [2.05, 4.69) is 6.42 Å². The number of rotatable bonds is 0. The van der Waals surface area contributed by atoms with Gasteiger partial charge in [-0.05, 0) is 11.1 Å². The Morgan fingerprint density at radius 2 is 1.44 bits per heavy atom. The summed E-state index contributed by atoms with van der Waals surface area (Å²) in [6.07, 6.45) is 6.82. The van der Waals surface area contributed by atoms with Crippen molar-refractivity contribution >= 4 is 23.2 Å². The lowest BCUT2D eigenvalue weighted by Crippen LogP contribution is -1.73. The smallest absolute Gasteiger partial charge is 0.0637 e. The van der Waals surface area contributed by atoms with Crippen LogP contribution < -0.4 is 0 Å². The molecule has 2 bridgehead atoms. The standard InChI is InChI=1S/C7H2Cl2/c8-6-4-1-2-5(3-4)7(6)9/h1-2H. The highest BCUT2D eigenvalue weighted by molar-refractivity contribution is 6.44. The van der Waals surface area contributed by atoms with Gasteiger partial charge in [0.15, 0.2) is 0 Å². The summed E-state index contributed by atoms with van der Waals surface area (Å²) in [6, 6.07) is 0. The Labute approximate surface area is 63.5 Å². The monoisotopic (exact) mass is 156 g/mol. The van der Waals surface area contributed by atoms with E-state index in [4.69, 9.17) is 23.2 Å². The number of fused-ring (bicyclic) bond motifs is 2. The summed E-state index contributed by atoms with van der Waals surface area (Å²) in [5.74, 6) is 0. The van der Waals surface area contributed by atoms with Gasteiger partial charge >= 0.3 is 0 Å². The topological polar surface area (TPSA) is 0 Å². The minimum Gasteiger partial charge on any atom is -0.0824 e. The number of hydrogen-bond acceptors (Lipinski definition) is 0. The Kier molecular flexibility index (Phi) is 1.02. The molecule has 0 aromatic heterocycles. The van der Waals surface area contributed by atoms with Gasteiger partial charge < -0.3 is 0 Å². The van der Waals surface area contributed by atoms with Gasteiger partial charge in [0.05, 0.1) is 16.5 Å². The second kappa shape index (κ2) is 1.65. The third-order valence-corrected chi connectivity index (χ3v) is 2.23. The molecule has 0 nitrogen and oxygen atoms in total. The average molecular weight is 157 g/mol. The predicted molar refractivity (Wildman–Crippen MR) is 38.1 cm³/mol. The van der Waals surface area contributed by atoms with Gasteiger partial charge in [-0.2, -0.15) is 0 Å². The third-order valence-electron chi connectivity index (χ3n) is 1.35. The van der Waals surface area contributed by atoms with Crippen molar-refractivity contribution in [2.24, 2.45) is 0 Å². The van der Waals surface area contributed by atoms with E-state index in [1.54, 1.807) is 0 Å². The zero-order valence-electron chi connectivity index (χ0n) is 4.41. The zero-order chi connectivity index (χ0) is 6.43. The van der Waals surface area contributed by atoms with Crippen LogP contribution in [0.4, 0.5) is 0 Å². The lowest BCUT2D eigenvalue weighted by Gasteiger charge is -1.93. The highest BCUT2D eigenvalue weighted by Crippen LogP contribution is 2.43. The summed E-state index contributed by atoms with van der Waals surface area (Å²) in [6.45, 7) is 0. The Morgan fingerprint density at radius 3 is 1.67 bits per heavy atom. The van der Waals surface area contributed by atoms with Crippen LogP contribution in [0.2, 0.25) is 0 Å². The highest BCUT2D eigenvalue weighted by Gasteiger charge is 2.25. The van der Waals surface area contributed by atoms with Crippen LogP contribution in [0.25, 0.3) is 0 Å². The SMILES string of the molecule is ClC1=C(Cl)C2=CC=C1[C]2. The molecule has 0 amide bonds. The number of hydrogen-bond donors (Lipinski definition) is 0. The molecule has 0 aliphatic heterocycles. The van der Waals surface area contributed by atoms with Crippen LogP contribution in [0.15, 0.2) is 33.4 Å². The maximum Gasteiger partial charge on any atom is 0.0637 e. The minimum absolute atomic E-state index is 0.633. The first-order valence-corrected chi connectivity index (χ1v) is 3.29. The molecule has 2 heteroatoms. The molecule has 0 saturated heterocycles. The summed E-state index contributed by atoms with van der Waals surface area (Å²) < 4.78 is 0. The fourth-order valence-electron chi connectivity index (χ4n) is 0.888. The van der Waals surface area contributed by atoms with E-state index in [1.807, 2.05) is 12.2 Å². The van der Waals surface area contributed by atoms with Gasteiger partial charge in [-0.3, -0.25) is 0 Å². The van der Waals surface area contributed by atoms with E-state index in [-0.39, 0.29) is 0 Å². The van der Waals surface area contributed by atoms with Crippen LogP contribution in [0, 0.1) is 6.42 Å². The van der Waals surface area contributed by atoms with Crippen LogP contribution in [0.5, 0.6) is 0 Å². The van der Waals surface area contributed by atoms with E-state index >= 15 is 0 Å². The molecule has 0 aromatic carbocycles. The van der Waals surface area contributed by atoms with Crippen molar-refractivity contribution in [2.75, 3.05) is 0 Å². The molecule has 0 saturated carbocycles. The molecular formula is C7H2Cl2. The Bertz CT molecular complexity index is 230. The van der Waals surface area contributed by atoms with Gasteiger partial charge in [-0.15, -0.1) is 0 Å². The summed E-state index contributed by atoms with van der Waals surface area (Å²) in [7, 11) is 0. The molecule has 2 aliphatic carbocycles. The number of allylic oxidation sites excluding steroid dienone is 6. The van der Waals surface area contributed by atoms with E-state index in [1.165, 1.54) is 0 Å². The van der Waals surface area contributed by atoms with Crippen LogP contribution in [-0.2, 0) is 0 Å². The molecule has 2 radical (unpaired) electrons. The van der Waals surface area contributed by atoms with Crippen molar-refractivity contribution in [3.8, 4) is 0 Å². The zero-order valence-corrected chi connectivity index (χ0v) is 5.92. The molecular weight excluding hydrogens is 155 g/mol. The van der Waals surface area contributed by atoms with Gasteiger partial charge in [0.1, 0.15) is 0 Å². The lowest BCUT2D eigenvalue weighted by atomic mass is 10.3. The molecule has 44 valence electrons. The van der Waals surface area contributed by atoms with Crippen LogP contribution in [0.1, 0.15) is 0 Å². The first-order valence-electron chi connectivity index (χ1n) is 2.54. The summed E-state index contributed by atoms with van der Waals surface area (Å²) in [4.78, 5) is 0. The van der Waals surface area contributed by atoms with Crippen molar-refractivity contribution in [1.29, 1.82) is 0 Å². The molecule has 2 rings (SSSR count). The minimum atomic E-state index is 0.633. The van der Waals surface area contributed by atoms with Gasteiger partial charge in [0.25, 0.3) is 0 Å². The second-order valence-corrected chi connectivity index (χ2v) is 2.67. The summed E-state index contributed by atoms with van der Waals surface area (Å²) in [5.41, 5.74) is 1.83.